The van der Waals surface area contributed by atoms with Gasteiger partial charge in [0.05, 0.1) is 18.1 Å². The minimum atomic E-state index is -0.0425. The lowest BCUT2D eigenvalue weighted by Crippen LogP contribution is -2.27. The van der Waals surface area contributed by atoms with Gasteiger partial charge in [-0.2, -0.15) is 0 Å². The van der Waals surface area contributed by atoms with Crippen LogP contribution in [0.25, 0.3) is 6.08 Å². The van der Waals surface area contributed by atoms with E-state index in [2.05, 4.69) is 26.0 Å². The normalized spacial score (nSPS) is 15.3. The highest BCUT2D eigenvalue weighted by Gasteiger charge is 2.30. The van der Waals surface area contributed by atoms with E-state index < -0.39 is 0 Å². The molecule has 0 atom stereocenters. The summed E-state index contributed by atoms with van der Waals surface area (Å²) >= 11 is 6.61. The molecule has 2 aromatic carbocycles. The largest absolute Gasteiger partial charge is 0.493 e. The second-order valence-corrected chi connectivity index (χ2v) is 8.44. The zero-order valence-corrected chi connectivity index (χ0v) is 18.6. The minimum Gasteiger partial charge on any atom is -0.493 e. The first-order valence-electron chi connectivity index (χ1n) is 9.67. The lowest BCUT2D eigenvalue weighted by molar-refractivity contribution is -0.121. The molecule has 0 aliphatic carbocycles. The molecule has 3 rings (SSSR count). The number of nitrogens with zero attached hydrogens (tertiary/aromatic N) is 1. The van der Waals surface area contributed by atoms with Crippen LogP contribution in [0.5, 0.6) is 11.5 Å². The highest BCUT2D eigenvalue weighted by atomic mass is 32.2. The Morgan fingerprint density at radius 3 is 2.55 bits per heavy atom. The van der Waals surface area contributed by atoms with Crippen molar-refractivity contribution in [1.82, 2.24) is 4.90 Å². The molecule has 1 aliphatic heterocycles. The van der Waals surface area contributed by atoms with Crippen molar-refractivity contribution in [3.05, 3.63) is 64.1 Å². The van der Waals surface area contributed by atoms with E-state index in [1.54, 1.807) is 4.90 Å². The molecule has 1 amide bonds. The smallest absolute Gasteiger partial charge is 0.266 e. The lowest BCUT2D eigenvalue weighted by Gasteiger charge is -2.11. The number of thiocarbonyl (C=S) groups is 1. The highest BCUT2D eigenvalue weighted by molar-refractivity contribution is 8.26. The highest BCUT2D eigenvalue weighted by Crippen LogP contribution is 2.34. The molecule has 1 aliphatic rings. The number of para-hydroxylation sites is 1. The van der Waals surface area contributed by atoms with Gasteiger partial charge in [0.25, 0.3) is 5.91 Å². The van der Waals surface area contributed by atoms with Gasteiger partial charge in [0.1, 0.15) is 15.8 Å². The van der Waals surface area contributed by atoms with Gasteiger partial charge in [-0.05, 0) is 56.2 Å². The minimum absolute atomic E-state index is 0.0425. The summed E-state index contributed by atoms with van der Waals surface area (Å²) in [4.78, 5) is 14.7. The van der Waals surface area contributed by atoms with E-state index in [9.17, 15) is 4.79 Å². The summed E-state index contributed by atoms with van der Waals surface area (Å²) in [5, 5.41) is 0. The molecule has 2 aromatic rings. The number of benzene rings is 2. The van der Waals surface area contributed by atoms with Crippen LogP contribution in [0.2, 0.25) is 0 Å². The fourth-order valence-corrected chi connectivity index (χ4v) is 4.25. The lowest BCUT2D eigenvalue weighted by atomic mass is 10.1. The summed E-state index contributed by atoms with van der Waals surface area (Å²) < 4.78 is 12.4. The van der Waals surface area contributed by atoms with E-state index in [4.69, 9.17) is 21.7 Å². The van der Waals surface area contributed by atoms with Gasteiger partial charge in [-0.25, -0.2) is 0 Å². The molecule has 0 bridgehead atoms. The Morgan fingerprint density at radius 1 is 1.07 bits per heavy atom. The number of aryl methyl sites for hydroxylation is 2. The van der Waals surface area contributed by atoms with Gasteiger partial charge in [-0.1, -0.05) is 48.2 Å². The van der Waals surface area contributed by atoms with Gasteiger partial charge in [0, 0.05) is 18.5 Å². The first-order valence-corrected chi connectivity index (χ1v) is 10.9. The zero-order chi connectivity index (χ0) is 20.8. The Bertz CT molecular complexity index is 939. The van der Waals surface area contributed by atoms with Crippen molar-refractivity contribution >= 4 is 40.3 Å². The topological polar surface area (TPSA) is 38.8 Å². The molecule has 0 saturated carbocycles. The van der Waals surface area contributed by atoms with Gasteiger partial charge in [-0.15, -0.1) is 0 Å². The standard InChI is InChI=1S/C23H25NO3S2/c1-4-24-22(25)21(29-23(24)28)15-18-8-5-6-9-20(18)27-13-7-12-26-19-11-10-16(2)17(3)14-19/h5-6,8-11,14-15H,4,7,12-13H2,1-3H3/b21-15-. The van der Waals surface area contributed by atoms with Crippen molar-refractivity contribution in [3.8, 4) is 11.5 Å². The number of ether oxygens (including phenoxy) is 2. The molecule has 152 valence electrons. The SMILES string of the molecule is CCN1C(=O)/C(=C/c2ccccc2OCCCOc2ccc(C)c(C)c2)SC1=S. The number of carbonyl (C=O) groups excluding carboxylic acids is 1. The molecule has 1 heterocycles. The van der Waals surface area contributed by atoms with Gasteiger partial charge in [-0.3, -0.25) is 9.69 Å². The fraction of sp³-hybridized carbons (Fsp3) is 0.304. The fourth-order valence-electron chi connectivity index (χ4n) is 2.88. The third-order valence-corrected chi connectivity index (χ3v) is 6.07. The summed E-state index contributed by atoms with van der Waals surface area (Å²) in [6, 6.07) is 13.8. The van der Waals surface area contributed by atoms with Gasteiger partial charge < -0.3 is 9.47 Å². The van der Waals surface area contributed by atoms with E-state index in [-0.39, 0.29) is 5.91 Å². The molecule has 0 radical (unpaired) electrons. The molecule has 0 aromatic heterocycles. The summed E-state index contributed by atoms with van der Waals surface area (Å²) in [6.07, 6.45) is 2.62. The Balaban J connectivity index is 1.56. The van der Waals surface area contributed by atoms with Gasteiger partial charge in [0.15, 0.2) is 0 Å². The van der Waals surface area contributed by atoms with Crippen LogP contribution in [-0.2, 0) is 4.79 Å². The number of hydrogen-bond acceptors (Lipinski definition) is 5. The second-order valence-electron chi connectivity index (χ2n) is 6.76. The zero-order valence-electron chi connectivity index (χ0n) is 16.9. The summed E-state index contributed by atoms with van der Waals surface area (Å²) in [6.45, 7) is 7.79. The van der Waals surface area contributed by atoms with Crippen LogP contribution < -0.4 is 9.47 Å². The second kappa shape index (κ2) is 9.94. The molecular formula is C23H25NO3S2. The Labute approximate surface area is 181 Å². The molecule has 6 heteroatoms. The predicted molar refractivity (Wildman–Crippen MR) is 124 cm³/mol. The monoisotopic (exact) mass is 427 g/mol. The van der Waals surface area contributed by atoms with Gasteiger partial charge in [0.2, 0.25) is 0 Å². The van der Waals surface area contributed by atoms with Crippen LogP contribution in [0.15, 0.2) is 47.4 Å². The number of thioether (sulfide) groups is 1. The maximum atomic E-state index is 12.4. The third kappa shape index (κ3) is 5.40. The van der Waals surface area contributed by atoms with E-state index in [1.165, 1.54) is 22.9 Å². The average molecular weight is 428 g/mol. The molecule has 4 nitrogen and oxygen atoms in total. The number of amides is 1. The van der Waals surface area contributed by atoms with Crippen molar-refractivity contribution in [2.75, 3.05) is 19.8 Å². The van der Waals surface area contributed by atoms with Crippen LogP contribution in [0.1, 0.15) is 30.0 Å². The van der Waals surface area contributed by atoms with Crippen LogP contribution in [-0.4, -0.2) is 34.9 Å². The van der Waals surface area contributed by atoms with E-state index >= 15 is 0 Å². The van der Waals surface area contributed by atoms with Crippen molar-refractivity contribution in [1.29, 1.82) is 0 Å². The van der Waals surface area contributed by atoms with Crippen LogP contribution in [0.3, 0.4) is 0 Å². The molecule has 0 unspecified atom stereocenters. The quantitative estimate of drug-likeness (QED) is 0.322. The number of rotatable bonds is 8. The number of carbonyl (C=O) groups is 1. The summed E-state index contributed by atoms with van der Waals surface area (Å²) in [5.41, 5.74) is 3.36. The van der Waals surface area contributed by atoms with Crippen molar-refractivity contribution < 1.29 is 14.3 Å². The molecular weight excluding hydrogens is 402 g/mol. The van der Waals surface area contributed by atoms with Crippen molar-refractivity contribution in [3.63, 3.8) is 0 Å². The number of likely N-dealkylation sites (N-methyl/N-ethyl adjacent to an activating group) is 1. The molecule has 0 N–H and O–H groups in total. The Morgan fingerprint density at radius 2 is 1.83 bits per heavy atom. The van der Waals surface area contributed by atoms with Crippen LogP contribution in [0, 0.1) is 13.8 Å². The van der Waals surface area contributed by atoms with Crippen molar-refractivity contribution in [2.24, 2.45) is 0 Å². The number of hydrogen-bond donors (Lipinski definition) is 0. The maximum absolute atomic E-state index is 12.4. The first-order chi connectivity index (χ1) is 14.0. The Kier molecular flexibility index (Phi) is 7.34. The molecule has 1 saturated heterocycles. The van der Waals surface area contributed by atoms with Crippen LogP contribution >= 0.6 is 24.0 Å². The first kappa shape index (κ1) is 21.4. The third-order valence-electron chi connectivity index (χ3n) is 4.69. The maximum Gasteiger partial charge on any atom is 0.266 e. The predicted octanol–water partition coefficient (Wildman–Crippen LogP) is 5.37. The molecule has 1 fully saturated rings. The van der Waals surface area contributed by atoms with E-state index in [0.29, 0.717) is 29.0 Å². The summed E-state index contributed by atoms with van der Waals surface area (Å²) in [5.74, 6) is 1.59. The Hall–Kier alpha value is -2.31. The van der Waals surface area contributed by atoms with Crippen molar-refractivity contribution in [2.45, 2.75) is 27.2 Å². The average Bonchev–Trinajstić information content (AvgIpc) is 2.98. The van der Waals surface area contributed by atoms with E-state index in [1.807, 2.05) is 43.3 Å². The molecule has 0 spiro atoms. The summed E-state index contributed by atoms with van der Waals surface area (Å²) in [7, 11) is 0. The van der Waals surface area contributed by atoms with Gasteiger partial charge >= 0.3 is 0 Å². The van der Waals surface area contributed by atoms with Crippen LogP contribution in [0.4, 0.5) is 0 Å². The van der Waals surface area contributed by atoms with E-state index in [0.717, 1.165) is 23.5 Å². The molecule has 29 heavy (non-hydrogen) atoms.